The number of carbonyl (C=O) groups is 1. The van der Waals surface area contributed by atoms with Gasteiger partial charge in [0, 0.05) is 25.4 Å². The van der Waals surface area contributed by atoms with Gasteiger partial charge in [0.15, 0.2) is 0 Å². The van der Waals surface area contributed by atoms with Crippen molar-refractivity contribution in [3.05, 3.63) is 34.7 Å². The molecule has 1 saturated heterocycles. The first-order chi connectivity index (χ1) is 7.16. The third-order valence-electron chi connectivity index (χ3n) is 2.42. The Kier molecular flexibility index (Phi) is 2.55. The maximum Gasteiger partial charge on any atom is 0.250 e. The van der Waals surface area contributed by atoms with Crippen LogP contribution in [0.3, 0.4) is 0 Å². The summed E-state index contributed by atoms with van der Waals surface area (Å²) in [6.07, 6.45) is 1.18. The second-order valence-corrected chi connectivity index (χ2v) is 3.62. The molecule has 15 heavy (non-hydrogen) atoms. The summed E-state index contributed by atoms with van der Waals surface area (Å²) in [5, 5.41) is 9.03. The normalized spacial score (nSPS) is 16.2. The molecule has 2 rings (SSSR count). The predicted molar refractivity (Wildman–Crippen MR) is 53.3 cm³/mol. The van der Waals surface area contributed by atoms with Crippen LogP contribution in [-0.4, -0.2) is 39.7 Å². The molecule has 0 aromatic carbocycles. The second kappa shape index (κ2) is 3.86. The molecule has 0 atom stereocenters. The molecule has 1 amide bonds. The van der Waals surface area contributed by atoms with Crippen molar-refractivity contribution in [3.8, 4) is 0 Å². The molecule has 1 aromatic rings. The molecule has 2 heterocycles. The maximum atomic E-state index is 11.5. The van der Waals surface area contributed by atoms with E-state index in [-0.39, 0.29) is 18.0 Å². The number of aliphatic hydroxyl groups excluding tert-OH is 1. The molecule has 1 fully saturated rings. The van der Waals surface area contributed by atoms with E-state index < -0.39 is 6.10 Å². The highest BCUT2D eigenvalue weighted by Crippen LogP contribution is 2.07. The first-order valence-corrected chi connectivity index (χ1v) is 4.78. The molecule has 1 N–H and O–H groups in total. The highest BCUT2D eigenvalue weighted by atomic mass is 16.3. The molecule has 1 aliphatic rings. The van der Waals surface area contributed by atoms with Gasteiger partial charge in [0.2, 0.25) is 5.91 Å². The van der Waals surface area contributed by atoms with Crippen molar-refractivity contribution in [3.63, 3.8) is 0 Å². The fourth-order valence-corrected chi connectivity index (χ4v) is 1.50. The van der Waals surface area contributed by atoms with Gasteiger partial charge in [0.1, 0.15) is 6.54 Å². The molecule has 0 aliphatic carbocycles. The number of hydrogen-bond acceptors (Lipinski definition) is 3. The van der Waals surface area contributed by atoms with Gasteiger partial charge in [-0.05, 0) is 6.07 Å². The van der Waals surface area contributed by atoms with E-state index in [1.54, 1.807) is 18.3 Å². The zero-order chi connectivity index (χ0) is 10.8. The van der Waals surface area contributed by atoms with Crippen LogP contribution < -0.4 is 5.56 Å². The van der Waals surface area contributed by atoms with E-state index in [9.17, 15) is 9.59 Å². The largest absolute Gasteiger partial charge is 0.389 e. The number of nitrogens with zero attached hydrogens (tertiary/aromatic N) is 2. The van der Waals surface area contributed by atoms with E-state index in [0.29, 0.717) is 13.1 Å². The first kappa shape index (κ1) is 9.92. The van der Waals surface area contributed by atoms with E-state index in [1.807, 2.05) is 0 Å². The van der Waals surface area contributed by atoms with Gasteiger partial charge >= 0.3 is 0 Å². The Bertz CT molecular complexity index is 421. The number of β-amino-alcohol motifs (C(OH)–C–C–N with tert-alkyl or cyclic N) is 1. The van der Waals surface area contributed by atoms with Crippen LogP contribution in [0.5, 0.6) is 0 Å². The summed E-state index contributed by atoms with van der Waals surface area (Å²) in [5.41, 5.74) is -0.188. The third kappa shape index (κ3) is 2.07. The summed E-state index contributed by atoms with van der Waals surface area (Å²) in [7, 11) is 0. The number of amides is 1. The SMILES string of the molecule is O=C(Cn1ccccc1=O)N1CC(O)C1. The molecule has 0 unspecified atom stereocenters. The van der Waals surface area contributed by atoms with Crippen molar-refractivity contribution in [1.82, 2.24) is 9.47 Å². The van der Waals surface area contributed by atoms with Crippen molar-refractivity contribution in [2.75, 3.05) is 13.1 Å². The van der Waals surface area contributed by atoms with Crippen molar-refractivity contribution in [1.29, 1.82) is 0 Å². The summed E-state index contributed by atoms with van der Waals surface area (Å²) in [6.45, 7) is 0.799. The van der Waals surface area contributed by atoms with E-state index >= 15 is 0 Å². The number of carbonyl (C=O) groups excluding carboxylic acids is 1. The van der Waals surface area contributed by atoms with Crippen molar-refractivity contribution < 1.29 is 9.90 Å². The molecular formula is C10H12N2O3. The molecule has 0 bridgehead atoms. The van der Waals surface area contributed by atoms with Crippen LogP contribution in [0.1, 0.15) is 0 Å². The Balaban J connectivity index is 2.01. The van der Waals surface area contributed by atoms with Crippen LogP contribution >= 0.6 is 0 Å². The molecule has 5 heteroatoms. The lowest BCUT2D eigenvalue weighted by molar-refractivity contribution is -0.141. The van der Waals surface area contributed by atoms with Crippen molar-refractivity contribution >= 4 is 5.91 Å². The van der Waals surface area contributed by atoms with Gasteiger partial charge in [0.25, 0.3) is 5.56 Å². The number of pyridine rings is 1. The molecule has 5 nitrogen and oxygen atoms in total. The standard InChI is InChI=1S/C10H12N2O3/c13-8-5-12(6-8)10(15)7-11-4-2-1-3-9(11)14/h1-4,8,13H,5-7H2. The van der Waals surface area contributed by atoms with Crippen LogP contribution in [0, 0.1) is 0 Å². The highest BCUT2D eigenvalue weighted by Gasteiger charge is 2.28. The zero-order valence-corrected chi connectivity index (χ0v) is 8.17. The number of aromatic nitrogens is 1. The number of aliphatic hydroxyl groups is 1. The molecule has 0 spiro atoms. The summed E-state index contributed by atoms with van der Waals surface area (Å²) in [5.74, 6) is -0.131. The molecule has 0 radical (unpaired) electrons. The molecule has 1 aliphatic heterocycles. The maximum absolute atomic E-state index is 11.5. The Morgan fingerprint density at radius 1 is 1.47 bits per heavy atom. The lowest BCUT2D eigenvalue weighted by atomic mass is 10.2. The fraction of sp³-hybridized carbons (Fsp3) is 0.400. The fourth-order valence-electron chi connectivity index (χ4n) is 1.50. The topological polar surface area (TPSA) is 62.5 Å². The van der Waals surface area contributed by atoms with Crippen molar-refractivity contribution in [2.24, 2.45) is 0 Å². The minimum Gasteiger partial charge on any atom is -0.389 e. The Morgan fingerprint density at radius 2 is 2.20 bits per heavy atom. The van der Waals surface area contributed by atoms with Crippen LogP contribution in [0.2, 0.25) is 0 Å². The summed E-state index contributed by atoms with van der Waals surface area (Å²) >= 11 is 0. The summed E-state index contributed by atoms with van der Waals surface area (Å²) in [6, 6.07) is 4.76. The van der Waals surface area contributed by atoms with Crippen LogP contribution in [0.25, 0.3) is 0 Å². The zero-order valence-electron chi connectivity index (χ0n) is 8.17. The van der Waals surface area contributed by atoms with Gasteiger partial charge in [0.05, 0.1) is 6.10 Å². The summed E-state index contributed by atoms with van der Waals surface area (Å²) in [4.78, 5) is 24.4. The van der Waals surface area contributed by atoms with E-state index in [4.69, 9.17) is 5.11 Å². The van der Waals surface area contributed by atoms with Gasteiger partial charge in [-0.3, -0.25) is 9.59 Å². The van der Waals surface area contributed by atoms with Crippen LogP contribution in [-0.2, 0) is 11.3 Å². The minimum absolute atomic E-state index is 0.0480. The first-order valence-electron chi connectivity index (χ1n) is 4.78. The summed E-state index contributed by atoms with van der Waals surface area (Å²) < 4.78 is 1.35. The molecule has 1 aromatic heterocycles. The quantitative estimate of drug-likeness (QED) is 0.681. The van der Waals surface area contributed by atoms with Gasteiger partial charge in [-0.25, -0.2) is 0 Å². The number of likely N-dealkylation sites (tertiary alicyclic amines) is 1. The monoisotopic (exact) mass is 208 g/mol. The minimum atomic E-state index is -0.401. The second-order valence-electron chi connectivity index (χ2n) is 3.62. The average molecular weight is 208 g/mol. The molecule has 80 valence electrons. The van der Waals surface area contributed by atoms with Gasteiger partial charge in [-0.15, -0.1) is 0 Å². The van der Waals surface area contributed by atoms with Crippen molar-refractivity contribution in [2.45, 2.75) is 12.6 Å². The van der Waals surface area contributed by atoms with E-state index in [2.05, 4.69) is 0 Å². The predicted octanol–water partition coefficient (Wildman–Crippen LogP) is -0.949. The number of hydrogen-bond donors (Lipinski definition) is 1. The average Bonchev–Trinajstić information content (AvgIpc) is 2.17. The highest BCUT2D eigenvalue weighted by molar-refractivity contribution is 5.76. The Hall–Kier alpha value is -1.62. The van der Waals surface area contributed by atoms with Gasteiger partial charge in [-0.2, -0.15) is 0 Å². The molecule has 0 saturated carbocycles. The number of rotatable bonds is 2. The lowest BCUT2D eigenvalue weighted by Gasteiger charge is -2.35. The van der Waals surface area contributed by atoms with E-state index in [0.717, 1.165) is 0 Å². The van der Waals surface area contributed by atoms with E-state index in [1.165, 1.54) is 15.5 Å². The lowest BCUT2D eigenvalue weighted by Crippen LogP contribution is -2.54. The van der Waals surface area contributed by atoms with Crippen LogP contribution in [0.15, 0.2) is 29.2 Å². The van der Waals surface area contributed by atoms with Gasteiger partial charge in [-0.1, -0.05) is 6.07 Å². The van der Waals surface area contributed by atoms with Crippen LogP contribution in [0.4, 0.5) is 0 Å². The van der Waals surface area contributed by atoms with Gasteiger partial charge < -0.3 is 14.6 Å². The Labute approximate surface area is 86.6 Å². The smallest absolute Gasteiger partial charge is 0.250 e. The Morgan fingerprint density at radius 3 is 2.80 bits per heavy atom. The third-order valence-corrected chi connectivity index (χ3v) is 2.42. The molecular weight excluding hydrogens is 196 g/mol.